The summed E-state index contributed by atoms with van der Waals surface area (Å²) in [7, 11) is 0. The Balaban J connectivity index is 0.000000321. The van der Waals surface area contributed by atoms with E-state index in [9.17, 15) is 0 Å². The molecule has 0 unspecified atom stereocenters. The predicted molar refractivity (Wildman–Crippen MR) is 266 cm³/mol. The van der Waals surface area contributed by atoms with Crippen LogP contribution in [0, 0.1) is 25.8 Å². The van der Waals surface area contributed by atoms with Crippen LogP contribution in [0.5, 0.6) is 0 Å². The van der Waals surface area contributed by atoms with E-state index in [0.29, 0.717) is 61.2 Å². The summed E-state index contributed by atoms with van der Waals surface area (Å²) in [6.07, 6.45) is 1.81. The van der Waals surface area contributed by atoms with Crippen LogP contribution in [0.2, 0.25) is 0 Å². The summed E-state index contributed by atoms with van der Waals surface area (Å²) in [5.41, 5.74) is 11.6. The Hall–Kier alpha value is -6.73. The van der Waals surface area contributed by atoms with Crippen LogP contribution in [0.25, 0.3) is 94.8 Å². The van der Waals surface area contributed by atoms with Crippen molar-refractivity contribution in [2.75, 3.05) is 0 Å². The number of pyridine rings is 1. The first-order valence-electron chi connectivity index (χ1n) is 24.9. The minimum Gasteiger partial charge on any atom is -0.486 e. The molecule has 66 heavy (non-hydrogen) atoms. The summed E-state index contributed by atoms with van der Waals surface area (Å²) in [5.74, 6) is 1.38. The Morgan fingerprint density at radius 3 is 2.17 bits per heavy atom. The fraction of sp³-hybridized carbons (Fsp3) is 0.207. The molecule has 5 heterocycles. The van der Waals surface area contributed by atoms with Crippen LogP contribution in [0.3, 0.4) is 0 Å². The Bertz CT molecular complexity index is 3760. The van der Waals surface area contributed by atoms with Gasteiger partial charge < -0.3 is 13.4 Å². The molecular weight excluding hydrogens is 991 g/mol. The maximum Gasteiger partial charge on any atom is 0.216 e. The zero-order valence-electron chi connectivity index (χ0n) is 43.7. The minimum atomic E-state index is -2.42. The van der Waals surface area contributed by atoms with E-state index in [1.165, 1.54) is 6.07 Å². The number of nitrogens with zero attached hydrogens (tertiary/aromatic N) is 5. The van der Waals surface area contributed by atoms with Crippen molar-refractivity contribution in [3.8, 4) is 39.6 Å². The molecule has 11 aromatic rings. The molecule has 0 spiro atoms. The summed E-state index contributed by atoms with van der Waals surface area (Å²) >= 11 is 0. The molecule has 0 saturated carbocycles. The van der Waals surface area contributed by atoms with Crippen LogP contribution in [0.1, 0.15) is 96.5 Å². The van der Waals surface area contributed by atoms with Crippen molar-refractivity contribution in [1.82, 2.24) is 24.5 Å². The number of benzene rings is 6. The number of hydrogen-bond donors (Lipinski definition) is 0. The Labute approximate surface area is 407 Å². The topological polar surface area (TPSA) is 82.8 Å². The van der Waals surface area contributed by atoms with Crippen molar-refractivity contribution in [2.45, 2.75) is 79.4 Å². The molecule has 7 nitrogen and oxygen atoms in total. The number of aryl methyl sites for hydroxylation is 2. The molecule has 0 saturated heterocycles. The van der Waals surface area contributed by atoms with Gasteiger partial charge in [-0.1, -0.05) is 108 Å². The predicted octanol–water partition coefficient (Wildman–Crippen LogP) is 15.5. The van der Waals surface area contributed by atoms with Crippen molar-refractivity contribution in [3.63, 3.8) is 0 Å². The molecule has 0 bridgehead atoms. The molecule has 0 amide bonds. The maximum absolute atomic E-state index is 8.63. The van der Waals surface area contributed by atoms with E-state index in [-0.39, 0.29) is 48.5 Å². The van der Waals surface area contributed by atoms with E-state index < -0.39 is 13.7 Å². The van der Waals surface area contributed by atoms with Crippen molar-refractivity contribution in [3.05, 3.63) is 174 Å². The second-order valence-corrected chi connectivity index (χ2v) is 18.1. The number of imidazole rings is 1. The third kappa shape index (κ3) is 8.03. The smallest absolute Gasteiger partial charge is 0.216 e. The molecule has 0 aliphatic heterocycles. The standard InChI is InChI=1S/C44H36N3O2.C14H15N2.Ir/c1-24(2)33-21-29(28-13-8-7-9-14-28)22-34(25(3)4)41(33)47-40-27(6)12-10-17-36(40)45-43(47)32-16-11-15-30-35-23-38-39(46-44(35)49-42(30)32)31-19-18-26(5)20-37(31)48-38;1-14(2,3)12-9-10-15-13(16-12)11-7-5-4-6-8-11;/h7-15,17-25H,1-6H3;4-7,9-10H,1-3H3;/q2*-1;/i5D3,6D3;;. The molecule has 5 aromatic heterocycles. The fourth-order valence-corrected chi connectivity index (χ4v) is 8.57. The van der Waals surface area contributed by atoms with Crippen LogP contribution in [0.4, 0.5) is 0 Å². The van der Waals surface area contributed by atoms with Crippen molar-refractivity contribution < 1.29 is 37.2 Å². The quantitative estimate of drug-likeness (QED) is 0.154. The molecule has 1 radical (unpaired) electrons. The second kappa shape index (κ2) is 17.6. The van der Waals surface area contributed by atoms with Gasteiger partial charge in [-0.3, -0.25) is 15.0 Å². The van der Waals surface area contributed by atoms with Gasteiger partial charge in [0.1, 0.15) is 11.1 Å². The first-order valence-corrected chi connectivity index (χ1v) is 21.9. The number of para-hydroxylation sites is 1. The third-order valence-corrected chi connectivity index (χ3v) is 11.9. The number of fused-ring (bicyclic) bond motifs is 7. The number of furan rings is 2. The molecule has 6 aromatic carbocycles. The van der Waals surface area contributed by atoms with E-state index in [0.717, 1.165) is 50.4 Å². The molecule has 331 valence electrons. The van der Waals surface area contributed by atoms with Gasteiger partial charge in [0.2, 0.25) is 5.71 Å². The zero-order chi connectivity index (χ0) is 50.1. The van der Waals surface area contributed by atoms with Gasteiger partial charge in [-0.05, 0) is 101 Å². The summed E-state index contributed by atoms with van der Waals surface area (Å²) < 4.78 is 64.2. The first kappa shape index (κ1) is 37.5. The molecule has 0 atom stereocenters. The summed E-state index contributed by atoms with van der Waals surface area (Å²) in [4.78, 5) is 18.9. The molecule has 11 rings (SSSR count). The minimum absolute atomic E-state index is 0. The van der Waals surface area contributed by atoms with Gasteiger partial charge in [0.15, 0.2) is 5.58 Å². The van der Waals surface area contributed by atoms with Crippen LogP contribution >= 0.6 is 0 Å². The molecule has 0 fully saturated rings. The van der Waals surface area contributed by atoms with Crippen molar-refractivity contribution in [2.24, 2.45) is 0 Å². The van der Waals surface area contributed by atoms with Gasteiger partial charge in [-0.25, -0.2) is 4.98 Å². The monoisotopic (exact) mass is 1050 g/mol. The van der Waals surface area contributed by atoms with E-state index in [4.69, 9.17) is 27.0 Å². The molecule has 0 aliphatic carbocycles. The maximum atomic E-state index is 8.63. The van der Waals surface area contributed by atoms with Gasteiger partial charge in [-0.2, -0.15) is 0 Å². The first-order chi connectivity index (χ1) is 33.8. The molecule has 0 aliphatic rings. The molecule has 0 N–H and O–H groups in total. The largest absolute Gasteiger partial charge is 0.486 e. The van der Waals surface area contributed by atoms with Crippen molar-refractivity contribution in [1.29, 1.82) is 0 Å². The summed E-state index contributed by atoms with van der Waals surface area (Å²) in [6.45, 7) is 10.4. The van der Waals surface area contributed by atoms with E-state index in [1.807, 2.05) is 83.6 Å². The van der Waals surface area contributed by atoms with Gasteiger partial charge in [0.25, 0.3) is 0 Å². The van der Waals surface area contributed by atoms with Gasteiger partial charge in [0.05, 0.1) is 28.3 Å². The SMILES string of the molecule is CC(C)(C)c1ccnc(-c2[c-]cccc2)n1.[2H]C([2H])([2H])c1ccc2c(c1)oc1cc3c(nc12)oc1c(-c2nc4cccc(C([2H])([2H])[2H])c4n2-c2c(C(C)C)cc(-c4ccccc4)cc2C(C)C)[c-]ccc13.[Ir]. The Morgan fingerprint density at radius 1 is 0.667 bits per heavy atom. The summed E-state index contributed by atoms with van der Waals surface area (Å²) in [6, 6.07) is 46.7. The van der Waals surface area contributed by atoms with E-state index in [1.54, 1.807) is 24.3 Å². The normalized spacial score (nSPS) is 13.6. The zero-order valence-corrected chi connectivity index (χ0v) is 40.1. The number of hydrogen-bond acceptors (Lipinski definition) is 6. The van der Waals surface area contributed by atoms with Crippen LogP contribution < -0.4 is 0 Å². The molecular formula is C58H51IrN5O2-2. The van der Waals surface area contributed by atoms with Gasteiger partial charge in [-0.15, -0.1) is 54.1 Å². The van der Waals surface area contributed by atoms with E-state index in [2.05, 4.69) is 94.8 Å². The van der Waals surface area contributed by atoms with Gasteiger partial charge >= 0.3 is 0 Å². The molecule has 8 heteroatoms. The van der Waals surface area contributed by atoms with Crippen LogP contribution in [0.15, 0.2) is 142 Å². The van der Waals surface area contributed by atoms with Crippen molar-refractivity contribution >= 4 is 55.2 Å². The summed E-state index contributed by atoms with van der Waals surface area (Å²) in [5, 5.41) is 2.14. The second-order valence-electron chi connectivity index (χ2n) is 18.1. The average Bonchev–Trinajstić information content (AvgIpc) is 4.03. The average molecular weight is 1050 g/mol. The van der Waals surface area contributed by atoms with Crippen LogP contribution in [-0.4, -0.2) is 24.5 Å². The number of aromatic nitrogens is 5. The number of rotatable bonds is 6. The van der Waals surface area contributed by atoms with Gasteiger partial charge in [0, 0.05) is 62.1 Å². The fourth-order valence-electron chi connectivity index (χ4n) is 8.57. The van der Waals surface area contributed by atoms with E-state index >= 15 is 0 Å². The third-order valence-electron chi connectivity index (χ3n) is 11.9. The Kier molecular flexibility index (Phi) is 9.98. The van der Waals surface area contributed by atoms with Crippen LogP contribution in [-0.2, 0) is 25.5 Å². The Morgan fingerprint density at radius 2 is 1.45 bits per heavy atom.